The Kier molecular flexibility index (Phi) is 4.65. The fraction of sp³-hybridized carbons (Fsp3) is 0.200. The maximum absolute atomic E-state index is 9.59. The molecule has 0 aliphatic heterocycles. The molecular formula is C20H19BrN4. The van der Waals surface area contributed by atoms with E-state index in [1.807, 2.05) is 49.3 Å². The molecule has 0 saturated carbocycles. The lowest BCUT2D eigenvalue weighted by molar-refractivity contribution is 1.12. The fourth-order valence-electron chi connectivity index (χ4n) is 2.69. The number of aromatic nitrogens is 2. The molecule has 5 heteroatoms. The van der Waals surface area contributed by atoms with Crippen molar-refractivity contribution in [2.24, 2.45) is 0 Å². The Balaban J connectivity index is 2.04. The van der Waals surface area contributed by atoms with Crippen LogP contribution in [-0.2, 0) is 0 Å². The van der Waals surface area contributed by atoms with Crippen LogP contribution in [-0.4, -0.2) is 24.1 Å². The normalized spacial score (nSPS) is 11.6. The van der Waals surface area contributed by atoms with Crippen LogP contribution < -0.4 is 4.90 Å². The molecule has 0 fully saturated rings. The van der Waals surface area contributed by atoms with E-state index in [9.17, 15) is 5.26 Å². The number of nitriles is 1. The Morgan fingerprint density at radius 2 is 1.92 bits per heavy atom. The van der Waals surface area contributed by atoms with E-state index in [4.69, 9.17) is 0 Å². The SMILES string of the molecule is Cc1cc2nc(/C(C#N)=C\c3ccc(N(C)C)c(Br)c3)[nH]c2cc1C. The highest BCUT2D eigenvalue weighted by Gasteiger charge is 2.10. The largest absolute Gasteiger partial charge is 0.377 e. The van der Waals surface area contributed by atoms with E-state index in [1.54, 1.807) is 0 Å². The number of hydrogen-bond acceptors (Lipinski definition) is 3. The molecule has 0 spiro atoms. The highest BCUT2D eigenvalue weighted by atomic mass is 79.9. The van der Waals surface area contributed by atoms with Gasteiger partial charge in [-0.25, -0.2) is 4.98 Å². The van der Waals surface area contributed by atoms with Crippen molar-refractivity contribution in [3.8, 4) is 6.07 Å². The fourth-order valence-corrected chi connectivity index (χ4v) is 3.44. The third-order valence-electron chi connectivity index (χ3n) is 4.24. The first-order chi connectivity index (χ1) is 11.9. The standard InChI is InChI=1S/C20H19BrN4/c1-12-7-17-18(8-13(12)2)24-20(23-17)15(11-22)9-14-5-6-19(25(3)4)16(21)10-14/h5-10H,1-4H3,(H,23,24)/b15-9-. The average Bonchev–Trinajstić information content (AvgIpc) is 2.95. The number of aromatic amines is 1. The molecular weight excluding hydrogens is 376 g/mol. The van der Waals surface area contributed by atoms with E-state index in [0.29, 0.717) is 11.4 Å². The summed E-state index contributed by atoms with van der Waals surface area (Å²) >= 11 is 3.58. The zero-order valence-electron chi connectivity index (χ0n) is 14.7. The van der Waals surface area contributed by atoms with Gasteiger partial charge in [-0.1, -0.05) is 6.07 Å². The van der Waals surface area contributed by atoms with Gasteiger partial charge >= 0.3 is 0 Å². The molecule has 0 aliphatic rings. The minimum Gasteiger partial charge on any atom is -0.377 e. The van der Waals surface area contributed by atoms with Gasteiger partial charge in [0, 0.05) is 18.6 Å². The van der Waals surface area contributed by atoms with Crippen molar-refractivity contribution in [2.75, 3.05) is 19.0 Å². The van der Waals surface area contributed by atoms with Crippen LogP contribution in [0.4, 0.5) is 5.69 Å². The topological polar surface area (TPSA) is 55.7 Å². The van der Waals surface area contributed by atoms with Gasteiger partial charge in [-0.3, -0.25) is 0 Å². The van der Waals surface area contributed by atoms with Crippen LogP contribution in [0.1, 0.15) is 22.5 Å². The highest BCUT2D eigenvalue weighted by molar-refractivity contribution is 9.10. The molecule has 0 radical (unpaired) electrons. The highest BCUT2D eigenvalue weighted by Crippen LogP contribution is 2.28. The molecule has 0 aliphatic carbocycles. The minimum atomic E-state index is 0.510. The number of benzene rings is 2. The number of imidazole rings is 1. The number of hydrogen-bond donors (Lipinski definition) is 1. The summed E-state index contributed by atoms with van der Waals surface area (Å²) in [6, 6.07) is 12.4. The van der Waals surface area contributed by atoms with Gasteiger partial charge in [-0.15, -0.1) is 0 Å². The van der Waals surface area contributed by atoms with Crippen LogP contribution >= 0.6 is 15.9 Å². The van der Waals surface area contributed by atoms with Crippen molar-refractivity contribution in [2.45, 2.75) is 13.8 Å². The lowest BCUT2D eigenvalue weighted by Gasteiger charge is -2.14. The van der Waals surface area contributed by atoms with E-state index in [0.717, 1.165) is 26.8 Å². The molecule has 126 valence electrons. The number of anilines is 1. The molecule has 0 unspecified atom stereocenters. The van der Waals surface area contributed by atoms with Crippen molar-refractivity contribution >= 4 is 44.3 Å². The molecule has 25 heavy (non-hydrogen) atoms. The van der Waals surface area contributed by atoms with Gasteiger partial charge in [-0.2, -0.15) is 5.26 Å². The second-order valence-corrected chi connectivity index (χ2v) is 7.17. The number of rotatable bonds is 3. The summed E-state index contributed by atoms with van der Waals surface area (Å²) < 4.78 is 0.986. The van der Waals surface area contributed by atoms with Gasteiger partial charge < -0.3 is 9.88 Å². The molecule has 0 saturated heterocycles. The summed E-state index contributed by atoms with van der Waals surface area (Å²) in [6.45, 7) is 4.13. The summed E-state index contributed by atoms with van der Waals surface area (Å²) in [7, 11) is 3.99. The van der Waals surface area contributed by atoms with Gasteiger partial charge in [0.05, 0.1) is 22.3 Å². The predicted octanol–water partition coefficient (Wildman–Crippen LogP) is 5.07. The maximum atomic E-state index is 9.59. The Labute approximate surface area is 155 Å². The summed E-state index contributed by atoms with van der Waals surface area (Å²) in [6.07, 6.45) is 1.85. The van der Waals surface area contributed by atoms with E-state index in [-0.39, 0.29) is 0 Å². The van der Waals surface area contributed by atoms with Crippen molar-refractivity contribution in [1.29, 1.82) is 5.26 Å². The summed E-state index contributed by atoms with van der Waals surface area (Å²) in [5, 5.41) is 9.59. The van der Waals surface area contributed by atoms with Crippen molar-refractivity contribution < 1.29 is 0 Å². The number of halogens is 1. The van der Waals surface area contributed by atoms with Gasteiger partial charge in [0.1, 0.15) is 11.9 Å². The number of aryl methyl sites for hydroxylation is 2. The first-order valence-electron chi connectivity index (χ1n) is 7.95. The molecule has 2 aromatic carbocycles. The number of H-pyrrole nitrogens is 1. The third-order valence-corrected chi connectivity index (χ3v) is 4.87. The smallest absolute Gasteiger partial charge is 0.149 e. The van der Waals surface area contributed by atoms with E-state index in [2.05, 4.69) is 51.9 Å². The van der Waals surface area contributed by atoms with Crippen molar-refractivity contribution in [3.63, 3.8) is 0 Å². The number of fused-ring (bicyclic) bond motifs is 1. The molecule has 1 aromatic heterocycles. The number of nitrogens with one attached hydrogen (secondary N) is 1. The summed E-state index contributed by atoms with van der Waals surface area (Å²) in [5.74, 6) is 0.593. The van der Waals surface area contributed by atoms with Gasteiger partial charge in [0.2, 0.25) is 0 Å². The zero-order chi connectivity index (χ0) is 18.1. The summed E-state index contributed by atoms with van der Waals surface area (Å²) in [4.78, 5) is 9.88. The van der Waals surface area contributed by atoms with Crippen LogP contribution in [0.2, 0.25) is 0 Å². The summed E-state index contributed by atoms with van der Waals surface area (Å²) in [5.41, 5.74) is 6.76. The van der Waals surface area contributed by atoms with E-state index in [1.165, 1.54) is 11.1 Å². The van der Waals surface area contributed by atoms with Crippen LogP contribution in [0, 0.1) is 25.2 Å². The van der Waals surface area contributed by atoms with E-state index >= 15 is 0 Å². The van der Waals surface area contributed by atoms with Crippen molar-refractivity contribution in [1.82, 2.24) is 9.97 Å². The monoisotopic (exact) mass is 394 g/mol. The second-order valence-electron chi connectivity index (χ2n) is 6.31. The molecule has 4 nitrogen and oxygen atoms in total. The van der Waals surface area contributed by atoms with Gasteiger partial charge in [0.15, 0.2) is 0 Å². The van der Waals surface area contributed by atoms with Crippen LogP contribution in [0.5, 0.6) is 0 Å². The second kappa shape index (κ2) is 6.73. The molecule has 0 amide bonds. The molecule has 1 N–H and O–H groups in total. The molecule has 1 heterocycles. The third kappa shape index (κ3) is 3.45. The number of allylic oxidation sites excluding steroid dienone is 1. The quantitative estimate of drug-likeness (QED) is 0.630. The average molecular weight is 395 g/mol. The zero-order valence-corrected chi connectivity index (χ0v) is 16.3. The van der Waals surface area contributed by atoms with E-state index < -0.39 is 0 Å². The first kappa shape index (κ1) is 17.2. The molecule has 0 bridgehead atoms. The predicted molar refractivity (Wildman–Crippen MR) is 108 cm³/mol. The first-order valence-corrected chi connectivity index (χ1v) is 8.74. The minimum absolute atomic E-state index is 0.510. The Morgan fingerprint density at radius 1 is 1.20 bits per heavy atom. The Hall–Kier alpha value is -2.58. The molecule has 3 rings (SSSR count). The Bertz CT molecular complexity index is 983. The van der Waals surface area contributed by atoms with Crippen LogP contribution in [0.15, 0.2) is 34.8 Å². The molecule has 3 aromatic rings. The lowest BCUT2D eigenvalue weighted by Crippen LogP contribution is -2.09. The van der Waals surface area contributed by atoms with Crippen molar-refractivity contribution in [3.05, 3.63) is 57.3 Å². The number of nitrogens with zero attached hydrogens (tertiary/aromatic N) is 3. The maximum Gasteiger partial charge on any atom is 0.149 e. The van der Waals surface area contributed by atoms with Gasteiger partial charge in [-0.05, 0) is 76.8 Å². The molecule has 0 atom stereocenters. The van der Waals surface area contributed by atoms with Crippen LogP contribution in [0.25, 0.3) is 22.7 Å². The lowest BCUT2D eigenvalue weighted by atomic mass is 10.1. The Morgan fingerprint density at radius 3 is 2.56 bits per heavy atom. The van der Waals surface area contributed by atoms with Crippen LogP contribution in [0.3, 0.4) is 0 Å². The van der Waals surface area contributed by atoms with Gasteiger partial charge in [0.25, 0.3) is 0 Å².